The third kappa shape index (κ3) is 13.3. The van der Waals surface area contributed by atoms with Gasteiger partial charge in [0.25, 0.3) is 0 Å². The van der Waals surface area contributed by atoms with Gasteiger partial charge in [-0.3, -0.25) is 0 Å². The minimum atomic E-state index is -0.152. The molecule has 3 nitrogen and oxygen atoms in total. The van der Waals surface area contributed by atoms with Crippen LogP contribution in [0.4, 0.5) is 0 Å². The predicted molar refractivity (Wildman–Crippen MR) is 171 cm³/mol. The van der Waals surface area contributed by atoms with Crippen molar-refractivity contribution < 1.29 is 14.6 Å². The first-order valence-electron chi connectivity index (χ1n) is 18.2. The van der Waals surface area contributed by atoms with Gasteiger partial charge in [-0.05, 0) is 74.0 Å². The van der Waals surface area contributed by atoms with Crippen LogP contribution in [0.15, 0.2) is 12.2 Å². The zero-order valence-electron chi connectivity index (χ0n) is 26.8. The van der Waals surface area contributed by atoms with E-state index >= 15 is 0 Å². The highest BCUT2D eigenvalue weighted by Crippen LogP contribution is 2.58. The summed E-state index contributed by atoms with van der Waals surface area (Å²) >= 11 is 0. The Morgan fingerprint density at radius 2 is 1.32 bits per heavy atom. The molecule has 0 saturated heterocycles. The Balaban J connectivity index is 1.03. The predicted octanol–water partition coefficient (Wildman–Crippen LogP) is 10.3. The fourth-order valence-corrected chi connectivity index (χ4v) is 8.10. The monoisotopic (exact) mass is 561 g/mol. The van der Waals surface area contributed by atoms with E-state index in [1.54, 1.807) is 6.42 Å². The molecule has 0 heterocycles. The van der Waals surface area contributed by atoms with E-state index < -0.39 is 0 Å². The van der Waals surface area contributed by atoms with E-state index in [-0.39, 0.29) is 12.7 Å². The van der Waals surface area contributed by atoms with E-state index in [1.807, 2.05) is 0 Å². The average molecular weight is 561 g/mol. The maximum Gasteiger partial charge on any atom is 0.104 e. The fraction of sp³-hybridized carbons (Fsp3) is 0.946. The first kappa shape index (κ1) is 34.1. The van der Waals surface area contributed by atoms with Crippen LogP contribution in [0.2, 0.25) is 0 Å². The van der Waals surface area contributed by atoms with Crippen molar-refractivity contribution in [1.29, 1.82) is 0 Å². The smallest absolute Gasteiger partial charge is 0.104 e. The summed E-state index contributed by atoms with van der Waals surface area (Å²) in [6.45, 7) is 6.81. The highest BCUT2D eigenvalue weighted by atomic mass is 16.5. The second kappa shape index (κ2) is 21.3. The van der Waals surface area contributed by atoms with E-state index in [0.717, 1.165) is 61.6 Å². The fourth-order valence-electron chi connectivity index (χ4n) is 8.10. The molecule has 40 heavy (non-hydrogen) atoms. The molecule has 0 amide bonds. The van der Waals surface area contributed by atoms with Gasteiger partial charge in [-0.15, -0.1) is 0 Å². The van der Waals surface area contributed by atoms with Crippen LogP contribution in [-0.2, 0) is 9.47 Å². The van der Waals surface area contributed by atoms with E-state index in [4.69, 9.17) is 9.47 Å². The summed E-state index contributed by atoms with van der Waals surface area (Å²) in [5, 5.41) is 9.62. The first-order chi connectivity index (χ1) is 19.7. The minimum absolute atomic E-state index is 0.0675. The van der Waals surface area contributed by atoms with Crippen molar-refractivity contribution in [3.8, 4) is 0 Å². The van der Waals surface area contributed by atoms with Gasteiger partial charge in [-0.25, -0.2) is 0 Å². The highest BCUT2D eigenvalue weighted by Gasteiger charge is 2.50. The topological polar surface area (TPSA) is 38.7 Å². The van der Waals surface area contributed by atoms with Gasteiger partial charge in [0.1, 0.15) is 6.10 Å². The summed E-state index contributed by atoms with van der Waals surface area (Å²) in [5.74, 6) is 6.04. The van der Waals surface area contributed by atoms with Gasteiger partial charge < -0.3 is 14.6 Å². The Hall–Kier alpha value is -0.380. The lowest BCUT2D eigenvalue weighted by Crippen LogP contribution is -2.49. The highest BCUT2D eigenvalue weighted by molar-refractivity contribution is 5.11. The Labute approximate surface area is 249 Å². The van der Waals surface area contributed by atoms with E-state index in [0.29, 0.717) is 6.61 Å². The quantitative estimate of drug-likeness (QED) is 0.0891. The third-order valence-electron chi connectivity index (χ3n) is 10.6. The van der Waals surface area contributed by atoms with Gasteiger partial charge in [-0.1, -0.05) is 129 Å². The van der Waals surface area contributed by atoms with Gasteiger partial charge in [-0.2, -0.15) is 0 Å². The lowest BCUT2D eigenvalue weighted by molar-refractivity contribution is -0.0525. The normalized spacial score (nSPS) is 26.4. The van der Waals surface area contributed by atoms with Crippen LogP contribution in [0, 0.1) is 35.5 Å². The molecule has 1 N–H and O–H groups in total. The molecule has 3 aliphatic carbocycles. The molecule has 2 fully saturated rings. The van der Waals surface area contributed by atoms with E-state index in [1.165, 1.54) is 122 Å². The summed E-state index contributed by atoms with van der Waals surface area (Å²) in [6.07, 6.45) is 35.2. The van der Waals surface area contributed by atoms with E-state index in [2.05, 4.69) is 26.0 Å². The first-order valence-corrected chi connectivity index (χ1v) is 18.2. The molecule has 0 aromatic heterocycles. The molecular formula is C37H68O3. The molecule has 0 aliphatic heterocycles. The summed E-state index contributed by atoms with van der Waals surface area (Å²) in [5.41, 5.74) is 0. The molecule has 6 atom stereocenters. The van der Waals surface area contributed by atoms with Crippen LogP contribution < -0.4 is 0 Å². The van der Waals surface area contributed by atoms with Gasteiger partial charge >= 0.3 is 0 Å². The number of hydrogen-bond acceptors (Lipinski definition) is 3. The number of rotatable bonds is 25. The van der Waals surface area contributed by atoms with Crippen LogP contribution in [0.3, 0.4) is 0 Å². The Morgan fingerprint density at radius 1 is 0.700 bits per heavy atom. The summed E-state index contributed by atoms with van der Waals surface area (Å²) in [4.78, 5) is 0. The van der Waals surface area contributed by atoms with Crippen molar-refractivity contribution >= 4 is 0 Å². The maximum absolute atomic E-state index is 9.62. The summed E-state index contributed by atoms with van der Waals surface area (Å²) < 4.78 is 11.7. The number of aliphatic hydroxyl groups excluding tert-OH is 1. The van der Waals surface area contributed by atoms with Crippen LogP contribution in [0.25, 0.3) is 0 Å². The molecule has 0 aromatic rings. The van der Waals surface area contributed by atoms with Crippen molar-refractivity contribution in [1.82, 2.24) is 0 Å². The van der Waals surface area contributed by atoms with E-state index in [9.17, 15) is 5.11 Å². The van der Waals surface area contributed by atoms with Gasteiger partial charge in [0, 0.05) is 13.2 Å². The van der Waals surface area contributed by atoms with Gasteiger partial charge in [0.05, 0.1) is 13.2 Å². The number of fused-ring (bicyclic) bond motifs is 4. The van der Waals surface area contributed by atoms with Crippen LogP contribution in [0.5, 0.6) is 0 Å². The van der Waals surface area contributed by atoms with Crippen LogP contribution in [-0.4, -0.2) is 37.6 Å². The van der Waals surface area contributed by atoms with Crippen molar-refractivity contribution in [2.45, 2.75) is 161 Å². The molecule has 3 heteroatoms. The molecule has 0 aromatic carbocycles. The van der Waals surface area contributed by atoms with Crippen molar-refractivity contribution in [2.24, 2.45) is 35.5 Å². The molecule has 0 spiro atoms. The van der Waals surface area contributed by atoms with Crippen LogP contribution in [0.1, 0.15) is 155 Å². The molecular weight excluding hydrogens is 492 g/mol. The lowest BCUT2D eigenvalue weighted by Gasteiger charge is -2.57. The molecule has 0 bridgehead atoms. The van der Waals surface area contributed by atoms with Crippen LogP contribution >= 0.6 is 0 Å². The Bertz CT molecular complexity index is 631. The average Bonchev–Trinajstić information content (AvgIpc) is 2.96. The molecule has 2 saturated carbocycles. The largest absolute Gasteiger partial charge is 0.394 e. The van der Waals surface area contributed by atoms with Crippen molar-refractivity contribution in [3.05, 3.63) is 12.2 Å². The zero-order chi connectivity index (χ0) is 28.3. The molecule has 3 rings (SSSR count). The minimum Gasteiger partial charge on any atom is -0.394 e. The number of aliphatic hydroxyl groups is 1. The molecule has 5 unspecified atom stereocenters. The van der Waals surface area contributed by atoms with Gasteiger partial charge in [0.15, 0.2) is 0 Å². The Kier molecular flexibility index (Phi) is 18.2. The third-order valence-corrected chi connectivity index (χ3v) is 10.6. The number of unbranched alkanes of at least 4 members (excludes halogenated alkanes) is 13. The van der Waals surface area contributed by atoms with Gasteiger partial charge in [0.2, 0.25) is 0 Å². The molecule has 0 radical (unpaired) electrons. The molecule has 3 aliphatic rings. The number of hydrogen-bond donors (Lipinski definition) is 1. The van der Waals surface area contributed by atoms with Crippen molar-refractivity contribution in [2.75, 3.05) is 26.4 Å². The number of ether oxygens (including phenoxy) is 2. The van der Waals surface area contributed by atoms with Crippen molar-refractivity contribution in [3.63, 3.8) is 0 Å². The summed E-state index contributed by atoms with van der Waals surface area (Å²) in [7, 11) is 0. The maximum atomic E-state index is 9.62. The standard InChI is InChI=1S/C37H68O3/c1-31(2)20-14-10-6-4-3-5-8-12-18-26-39-30-33(29-38)40-27-19-13-9-7-11-15-21-32-24-25-36-34-22-16-17-23-35(34)37(36)28-32/h16,22,31-38H,3-15,17-21,23-30H2,1-2H3/t32?,33-,34?,35?,36?,37?/m0/s1. The lowest BCUT2D eigenvalue weighted by atomic mass is 9.48. The number of allylic oxidation sites excluding steroid dienone is 2. The second-order valence-corrected chi connectivity index (χ2v) is 14.3. The zero-order valence-corrected chi connectivity index (χ0v) is 26.8. The SMILES string of the molecule is CC(C)CCCCCCCCCCCOC[C@H](CO)OCCCCCCCCC1CCC2C3C=CCCC3C2C1. The summed E-state index contributed by atoms with van der Waals surface area (Å²) in [6, 6.07) is 0. The Morgan fingerprint density at radius 3 is 2.02 bits per heavy atom. The second-order valence-electron chi connectivity index (χ2n) is 14.3. The molecule has 234 valence electrons.